The van der Waals surface area contributed by atoms with Gasteiger partial charge in [0, 0.05) is 23.2 Å². The molecule has 0 N–H and O–H groups in total. The first-order chi connectivity index (χ1) is 26.2. The number of hydrogen-bond acceptors (Lipinski definition) is 11. The zero-order chi connectivity index (χ0) is 40.5. The minimum Gasteiger partial charge on any atom is -0.496 e. The van der Waals surface area contributed by atoms with Crippen LogP contribution in [0.1, 0.15) is 103 Å². The third-order valence-electron chi connectivity index (χ3n) is 11.8. The summed E-state index contributed by atoms with van der Waals surface area (Å²) in [5.74, 6) is 0.401. The van der Waals surface area contributed by atoms with Gasteiger partial charge in [-0.05, 0) is 116 Å². The lowest BCUT2D eigenvalue weighted by molar-refractivity contribution is -0.199. The number of aryl methyl sites for hydroxylation is 1. The molecule has 2 aromatic heterocycles. The number of ketones is 1. The lowest BCUT2D eigenvalue weighted by Crippen LogP contribution is -2.65. The molecule has 56 heavy (non-hydrogen) atoms. The van der Waals surface area contributed by atoms with Crippen molar-refractivity contribution in [2.75, 3.05) is 7.11 Å². The maximum absolute atomic E-state index is 14.0. The third-order valence-corrected chi connectivity index (χ3v) is 11.8. The summed E-state index contributed by atoms with van der Waals surface area (Å²) in [6.45, 7) is 19.5. The fourth-order valence-corrected chi connectivity index (χ4v) is 9.05. The van der Waals surface area contributed by atoms with E-state index in [4.69, 9.17) is 23.5 Å². The zero-order valence-corrected chi connectivity index (χ0v) is 34.5. The molecule has 14 heteroatoms. The Balaban J connectivity index is 1.12. The van der Waals surface area contributed by atoms with E-state index in [2.05, 4.69) is 36.2 Å². The van der Waals surface area contributed by atoms with Crippen LogP contribution >= 0.6 is 0 Å². The maximum Gasteiger partial charge on any atom is 0.461 e. The number of carbonyl (C=O) groups is 3. The van der Waals surface area contributed by atoms with Gasteiger partial charge in [0.15, 0.2) is 5.78 Å². The summed E-state index contributed by atoms with van der Waals surface area (Å²) in [5.41, 5.74) is 2.06. The molecule has 0 spiro atoms. The van der Waals surface area contributed by atoms with Crippen molar-refractivity contribution < 1.29 is 37.9 Å². The smallest absolute Gasteiger partial charge is 0.461 e. The van der Waals surface area contributed by atoms with Crippen LogP contribution in [0.4, 0.5) is 4.79 Å². The molecular weight excluding hydrogens is 713 g/mol. The van der Waals surface area contributed by atoms with Crippen molar-refractivity contribution in [3.8, 4) is 17.0 Å². The van der Waals surface area contributed by atoms with Gasteiger partial charge in [-0.3, -0.25) is 4.79 Å². The topological polar surface area (TPSA) is 146 Å². The molecule has 3 heterocycles. The number of esters is 1. The van der Waals surface area contributed by atoms with E-state index in [1.165, 1.54) is 16.5 Å². The first kappa shape index (κ1) is 39.7. The number of hydrogen-bond donors (Lipinski definition) is 0. The van der Waals surface area contributed by atoms with E-state index in [0.717, 1.165) is 29.4 Å². The summed E-state index contributed by atoms with van der Waals surface area (Å²) in [4.78, 5) is 40.1. The van der Waals surface area contributed by atoms with Crippen molar-refractivity contribution in [1.29, 1.82) is 0 Å². The average Bonchev–Trinajstić information content (AvgIpc) is 3.81. The number of aromatic nitrogens is 5. The van der Waals surface area contributed by atoms with Crippen LogP contribution in [0.5, 0.6) is 5.75 Å². The van der Waals surface area contributed by atoms with Crippen molar-refractivity contribution in [3.05, 3.63) is 59.4 Å². The molecule has 2 aromatic carbocycles. The molecule has 4 fully saturated rings. The summed E-state index contributed by atoms with van der Waals surface area (Å²) in [6.07, 6.45) is 3.66. The standard InChI is InChI=1S/C42H54BN5O8/c1-24-31-18-25(15-16-33(31)48(45-24)38(51)54-40(5,6)7)32-23-47(46-44-32)22-29(49)21-28(43-55-35-20-27-19-34(41(27,8)9)42(35,10)56-43)17-26-13-12-14-30(36(26)52-11)37(50)53-39(2,3)4/h12-16,18,23,27-28,34-35H,17,19-22H2,1-11H3/t27-,28+,34-,35+,42-/m0/s1. The second-order valence-electron chi connectivity index (χ2n) is 18.6. The molecule has 298 valence electrons. The molecule has 4 aromatic rings. The number of Topliss-reactive ketones (excluding diaryl/α,β-unsaturated/α-hetero) is 1. The summed E-state index contributed by atoms with van der Waals surface area (Å²) >= 11 is 0. The Morgan fingerprint density at radius 1 is 1.02 bits per heavy atom. The number of carbonyl (C=O) groups excluding carboxylic acids is 3. The van der Waals surface area contributed by atoms with Crippen molar-refractivity contribution in [2.24, 2.45) is 17.3 Å². The first-order valence-corrected chi connectivity index (χ1v) is 19.5. The van der Waals surface area contributed by atoms with Gasteiger partial charge >= 0.3 is 19.2 Å². The van der Waals surface area contributed by atoms with Crippen LogP contribution in [0, 0.1) is 24.2 Å². The van der Waals surface area contributed by atoms with E-state index in [9.17, 15) is 14.4 Å². The highest BCUT2D eigenvalue weighted by molar-refractivity contribution is 6.48. The fraction of sp³-hybridized carbons (Fsp3) is 0.571. The first-order valence-electron chi connectivity index (χ1n) is 19.5. The van der Waals surface area contributed by atoms with Gasteiger partial charge in [-0.2, -0.15) is 9.78 Å². The van der Waals surface area contributed by atoms with Crippen LogP contribution in [-0.2, 0) is 36.5 Å². The highest BCUT2D eigenvalue weighted by Gasteiger charge is 2.68. The number of benzene rings is 2. The van der Waals surface area contributed by atoms with Gasteiger partial charge in [0.2, 0.25) is 0 Å². The average molecular weight is 768 g/mol. The van der Waals surface area contributed by atoms with Crippen LogP contribution in [0.2, 0.25) is 5.82 Å². The minimum atomic E-state index is -0.684. The normalized spacial score (nSPS) is 23.3. The van der Waals surface area contributed by atoms with Crippen molar-refractivity contribution in [2.45, 2.75) is 130 Å². The van der Waals surface area contributed by atoms with Gasteiger partial charge in [0.05, 0.1) is 36.2 Å². The molecule has 3 saturated carbocycles. The maximum atomic E-state index is 14.0. The number of fused-ring (bicyclic) bond motifs is 1. The van der Waals surface area contributed by atoms with Crippen LogP contribution in [0.25, 0.3) is 22.2 Å². The lowest BCUT2D eigenvalue weighted by atomic mass is 9.43. The molecule has 0 amide bonds. The third kappa shape index (κ3) is 7.49. The second-order valence-corrected chi connectivity index (χ2v) is 18.6. The largest absolute Gasteiger partial charge is 0.496 e. The van der Waals surface area contributed by atoms with Gasteiger partial charge < -0.3 is 23.5 Å². The molecular formula is C42H54BN5O8. The van der Waals surface area contributed by atoms with Crippen LogP contribution in [0.3, 0.4) is 0 Å². The zero-order valence-electron chi connectivity index (χ0n) is 34.5. The SMILES string of the molecule is COc1c(C[C@H](CC(=O)Cn2cc(-c3ccc4c(c3)c(C)nn4C(=O)OC(C)(C)C)nn2)B2O[C@@H]3C[C@@H]4C[C@@H](C4(C)C)[C@]3(C)O2)cccc1C(=O)OC(C)(C)C. The Morgan fingerprint density at radius 3 is 2.43 bits per heavy atom. The van der Waals surface area contributed by atoms with E-state index >= 15 is 0 Å². The van der Waals surface area contributed by atoms with Gasteiger partial charge in [-0.15, -0.1) is 5.10 Å². The predicted octanol–water partition coefficient (Wildman–Crippen LogP) is 7.65. The van der Waals surface area contributed by atoms with Crippen molar-refractivity contribution in [3.63, 3.8) is 0 Å². The number of methoxy groups -OCH3 is 1. The highest BCUT2D eigenvalue weighted by Crippen LogP contribution is 2.66. The Kier molecular flexibility index (Phi) is 10.0. The molecule has 13 nitrogen and oxygen atoms in total. The highest BCUT2D eigenvalue weighted by atomic mass is 16.7. The van der Waals surface area contributed by atoms with E-state index in [1.807, 2.05) is 72.7 Å². The molecule has 5 atom stereocenters. The van der Waals surface area contributed by atoms with E-state index in [-0.39, 0.29) is 36.1 Å². The fourth-order valence-electron chi connectivity index (χ4n) is 9.05. The Hall–Kier alpha value is -4.56. The molecule has 0 radical (unpaired) electrons. The van der Waals surface area contributed by atoms with Crippen LogP contribution < -0.4 is 4.74 Å². The van der Waals surface area contributed by atoms with Crippen molar-refractivity contribution in [1.82, 2.24) is 24.8 Å². The van der Waals surface area contributed by atoms with E-state index in [0.29, 0.717) is 46.5 Å². The monoisotopic (exact) mass is 767 g/mol. The minimum absolute atomic E-state index is 0.0123. The summed E-state index contributed by atoms with van der Waals surface area (Å²) in [7, 11) is 0.899. The van der Waals surface area contributed by atoms with E-state index in [1.54, 1.807) is 18.3 Å². The van der Waals surface area contributed by atoms with Gasteiger partial charge in [0.1, 0.15) is 34.8 Å². The molecule has 1 saturated heterocycles. The molecule has 4 aliphatic rings. The molecule has 3 aliphatic carbocycles. The van der Waals surface area contributed by atoms with E-state index < -0.39 is 36.0 Å². The summed E-state index contributed by atoms with van der Waals surface area (Å²) in [6, 6.07) is 11.0. The van der Waals surface area contributed by atoms with Crippen LogP contribution in [-0.4, -0.2) is 79.8 Å². The lowest BCUT2D eigenvalue weighted by Gasteiger charge is -2.64. The van der Waals surface area contributed by atoms with Gasteiger partial charge in [0.25, 0.3) is 0 Å². The Bertz CT molecular complexity index is 2180. The quantitative estimate of drug-likeness (QED) is 0.116. The molecule has 8 rings (SSSR count). The number of rotatable bonds is 10. The summed E-state index contributed by atoms with van der Waals surface area (Å²) < 4.78 is 33.5. The van der Waals surface area contributed by atoms with Gasteiger partial charge in [-0.1, -0.05) is 37.3 Å². The number of para-hydroxylation sites is 1. The van der Waals surface area contributed by atoms with Crippen LogP contribution in [0.15, 0.2) is 42.6 Å². The number of nitrogens with zero attached hydrogens (tertiary/aromatic N) is 5. The second kappa shape index (κ2) is 14.1. The molecule has 0 unspecified atom stereocenters. The predicted molar refractivity (Wildman–Crippen MR) is 210 cm³/mol. The Labute approximate surface area is 328 Å². The van der Waals surface area contributed by atoms with Crippen molar-refractivity contribution >= 4 is 35.9 Å². The molecule has 1 aliphatic heterocycles. The number of ether oxygens (including phenoxy) is 3. The summed E-state index contributed by atoms with van der Waals surface area (Å²) in [5, 5.41) is 13.9. The van der Waals surface area contributed by atoms with Gasteiger partial charge in [-0.25, -0.2) is 14.3 Å². The molecule has 2 bridgehead atoms. The Morgan fingerprint density at radius 2 is 1.75 bits per heavy atom.